The molecule has 1 aliphatic heterocycles. The van der Waals surface area contributed by atoms with E-state index in [1.54, 1.807) is 6.07 Å². The first-order valence-corrected chi connectivity index (χ1v) is 6.13. The Kier molecular flexibility index (Phi) is 2.63. The van der Waals surface area contributed by atoms with Crippen molar-refractivity contribution < 1.29 is 14.3 Å². The molecule has 1 aromatic carbocycles. The molecule has 1 heterocycles. The van der Waals surface area contributed by atoms with Crippen LogP contribution in [0.25, 0.3) is 0 Å². The van der Waals surface area contributed by atoms with Crippen LogP contribution in [0.4, 0.5) is 0 Å². The number of para-hydroxylation sites is 2. The van der Waals surface area contributed by atoms with Gasteiger partial charge >= 0.3 is 0 Å². The van der Waals surface area contributed by atoms with Crippen molar-refractivity contribution in [1.82, 2.24) is 5.32 Å². The van der Waals surface area contributed by atoms with Crippen molar-refractivity contribution in [2.24, 2.45) is 5.73 Å². The summed E-state index contributed by atoms with van der Waals surface area (Å²) in [7, 11) is 0. The number of amides is 1. The second kappa shape index (κ2) is 4.17. The monoisotopic (exact) mass is 248 g/mol. The van der Waals surface area contributed by atoms with Gasteiger partial charge in [-0.3, -0.25) is 4.79 Å². The molecule has 0 bridgehead atoms. The Morgan fingerprint density at radius 1 is 1.39 bits per heavy atom. The minimum absolute atomic E-state index is 0.146. The molecule has 1 unspecified atom stereocenters. The van der Waals surface area contributed by atoms with Crippen LogP contribution in [0.1, 0.15) is 12.8 Å². The molecule has 0 spiro atoms. The standard InChI is InChI=1S/C13H16N2O3/c14-8-13(5-6-13)15-12(16)11-7-17-9-3-1-2-4-10(9)18-11/h1-4,11H,5-8,14H2,(H,15,16). The molecular formula is C13H16N2O3. The fourth-order valence-corrected chi connectivity index (χ4v) is 2.02. The topological polar surface area (TPSA) is 73.6 Å². The van der Waals surface area contributed by atoms with Gasteiger partial charge < -0.3 is 20.5 Å². The molecule has 3 rings (SSSR count). The molecule has 5 heteroatoms. The van der Waals surface area contributed by atoms with Gasteiger partial charge in [-0.1, -0.05) is 12.1 Å². The highest BCUT2D eigenvalue weighted by atomic mass is 16.6. The lowest BCUT2D eigenvalue weighted by Gasteiger charge is -2.27. The van der Waals surface area contributed by atoms with E-state index in [1.165, 1.54) is 0 Å². The van der Waals surface area contributed by atoms with E-state index < -0.39 is 6.10 Å². The summed E-state index contributed by atoms with van der Waals surface area (Å²) in [6, 6.07) is 7.34. The van der Waals surface area contributed by atoms with Gasteiger partial charge in [0.15, 0.2) is 11.5 Å². The minimum atomic E-state index is -0.594. The molecule has 1 fully saturated rings. The number of ether oxygens (including phenoxy) is 2. The normalized spacial score (nSPS) is 23.3. The van der Waals surface area contributed by atoms with E-state index in [2.05, 4.69) is 5.32 Å². The van der Waals surface area contributed by atoms with Gasteiger partial charge in [0.2, 0.25) is 6.10 Å². The first kappa shape index (κ1) is 11.3. The molecule has 1 amide bonds. The molecule has 96 valence electrons. The molecule has 1 atom stereocenters. The molecule has 1 saturated carbocycles. The summed E-state index contributed by atoms with van der Waals surface area (Å²) in [6.45, 7) is 0.715. The molecule has 1 aromatic rings. The van der Waals surface area contributed by atoms with Crippen LogP contribution in [-0.4, -0.2) is 30.7 Å². The second-order valence-corrected chi connectivity index (χ2v) is 4.84. The van der Waals surface area contributed by atoms with Gasteiger partial charge in [0.1, 0.15) is 6.61 Å². The zero-order chi connectivity index (χ0) is 12.6. The maximum atomic E-state index is 12.1. The Labute approximate surface area is 105 Å². The SMILES string of the molecule is NCC1(NC(=O)C2COc3ccccc3O2)CC1. The maximum absolute atomic E-state index is 12.1. The van der Waals surface area contributed by atoms with Crippen LogP contribution < -0.4 is 20.5 Å². The van der Waals surface area contributed by atoms with Crippen LogP contribution in [0.15, 0.2) is 24.3 Å². The Bertz CT molecular complexity index is 471. The van der Waals surface area contributed by atoms with Crippen molar-refractivity contribution in [3.63, 3.8) is 0 Å². The lowest BCUT2D eigenvalue weighted by Crippen LogP contribution is -2.51. The number of nitrogens with one attached hydrogen (secondary N) is 1. The van der Waals surface area contributed by atoms with E-state index in [1.807, 2.05) is 18.2 Å². The van der Waals surface area contributed by atoms with Gasteiger partial charge in [0.05, 0.1) is 5.54 Å². The highest BCUT2D eigenvalue weighted by Gasteiger charge is 2.44. The van der Waals surface area contributed by atoms with Crippen LogP contribution >= 0.6 is 0 Å². The van der Waals surface area contributed by atoms with Crippen molar-refractivity contribution in [3.05, 3.63) is 24.3 Å². The summed E-state index contributed by atoms with van der Waals surface area (Å²) >= 11 is 0. The van der Waals surface area contributed by atoms with Crippen molar-refractivity contribution >= 4 is 5.91 Å². The number of hydrogen-bond acceptors (Lipinski definition) is 4. The molecule has 2 aliphatic rings. The number of fused-ring (bicyclic) bond motifs is 1. The Morgan fingerprint density at radius 3 is 2.78 bits per heavy atom. The van der Waals surface area contributed by atoms with Gasteiger partial charge in [-0.15, -0.1) is 0 Å². The Morgan fingerprint density at radius 2 is 2.11 bits per heavy atom. The number of hydrogen-bond donors (Lipinski definition) is 2. The fraction of sp³-hybridized carbons (Fsp3) is 0.462. The average molecular weight is 248 g/mol. The maximum Gasteiger partial charge on any atom is 0.265 e. The second-order valence-electron chi connectivity index (χ2n) is 4.84. The van der Waals surface area contributed by atoms with E-state index >= 15 is 0 Å². The first-order chi connectivity index (χ1) is 8.72. The Balaban J connectivity index is 1.67. The number of rotatable bonds is 3. The van der Waals surface area contributed by atoms with Crippen LogP contribution in [0.3, 0.4) is 0 Å². The van der Waals surface area contributed by atoms with E-state index in [4.69, 9.17) is 15.2 Å². The zero-order valence-electron chi connectivity index (χ0n) is 10.0. The molecule has 3 N–H and O–H groups in total. The van der Waals surface area contributed by atoms with Gasteiger partial charge in [0.25, 0.3) is 5.91 Å². The third-order valence-electron chi connectivity index (χ3n) is 3.43. The summed E-state index contributed by atoms with van der Waals surface area (Å²) in [4.78, 5) is 12.1. The zero-order valence-corrected chi connectivity index (χ0v) is 10.0. The predicted molar refractivity (Wildman–Crippen MR) is 65.5 cm³/mol. The summed E-state index contributed by atoms with van der Waals surface area (Å²) in [5.41, 5.74) is 5.44. The number of carbonyl (C=O) groups is 1. The quantitative estimate of drug-likeness (QED) is 0.813. The van der Waals surface area contributed by atoms with E-state index in [0.717, 1.165) is 12.8 Å². The van der Waals surface area contributed by atoms with Crippen LogP contribution in [0, 0.1) is 0 Å². The molecule has 18 heavy (non-hydrogen) atoms. The largest absolute Gasteiger partial charge is 0.485 e. The van der Waals surface area contributed by atoms with E-state index in [9.17, 15) is 4.79 Å². The predicted octanol–water partition coefficient (Wildman–Crippen LogP) is 0.434. The molecule has 1 aliphatic carbocycles. The molecule has 0 radical (unpaired) electrons. The third-order valence-corrected chi connectivity index (χ3v) is 3.43. The summed E-state index contributed by atoms with van der Waals surface area (Å²) in [5.74, 6) is 1.15. The van der Waals surface area contributed by atoms with Crippen molar-refractivity contribution in [3.8, 4) is 11.5 Å². The molecule has 0 saturated heterocycles. The van der Waals surface area contributed by atoms with Crippen LogP contribution in [-0.2, 0) is 4.79 Å². The highest BCUT2D eigenvalue weighted by molar-refractivity contribution is 5.83. The smallest absolute Gasteiger partial charge is 0.265 e. The summed E-state index contributed by atoms with van der Waals surface area (Å²) in [6.07, 6.45) is 1.29. The van der Waals surface area contributed by atoms with Crippen LogP contribution in [0.5, 0.6) is 11.5 Å². The van der Waals surface area contributed by atoms with Crippen molar-refractivity contribution in [1.29, 1.82) is 0 Å². The summed E-state index contributed by atoms with van der Waals surface area (Å²) < 4.78 is 11.1. The number of benzene rings is 1. The van der Waals surface area contributed by atoms with E-state index in [0.29, 0.717) is 18.0 Å². The van der Waals surface area contributed by atoms with E-state index in [-0.39, 0.29) is 18.1 Å². The lowest BCUT2D eigenvalue weighted by molar-refractivity contribution is -0.131. The van der Waals surface area contributed by atoms with Gasteiger partial charge in [0, 0.05) is 6.54 Å². The average Bonchev–Trinajstić information content (AvgIpc) is 3.18. The van der Waals surface area contributed by atoms with Crippen LogP contribution in [0.2, 0.25) is 0 Å². The highest BCUT2D eigenvalue weighted by Crippen LogP contribution is 2.35. The minimum Gasteiger partial charge on any atom is -0.485 e. The third kappa shape index (κ3) is 2.01. The van der Waals surface area contributed by atoms with Gasteiger partial charge in [-0.05, 0) is 25.0 Å². The first-order valence-electron chi connectivity index (χ1n) is 6.13. The van der Waals surface area contributed by atoms with Gasteiger partial charge in [-0.2, -0.15) is 0 Å². The lowest BCUT2D eigenvalue weighted by atomic mass is 10.2. The fourth-order valence-electron chi connectivity index (χ4n) is 2.02. The van der Waals surface area contributed by atoms with Crippen molar-refractivity contribution in [2.45, 2.75) is 24.5 Å². The van der Waals surface area contributed by atoms with Gasteiger partial charge in [-0.25, -0.2) is 0 Å². The van der Waals surface area contributed by atoms with Crippen molar-refractivity contribution in [2.75, 3.05) is 13.2 Å². The molecular weight excluding hydrogens is 232 g/mol. The molecule has 0 aromatic heterocycles. The molecule has 5 nitrogen and oxygen atoms in total. The Hall–Kier alpha value is -1.75. The number of carbonyl (C=O) groups excluding carboxylic acids is 1. The summed E-state index contributed by atoms with van der Waals surface area (Å²) in [5, 5.41) is 2.95. The number of nitrogens with two attached hydrogens (primary N) is 1.